The van der Waals surface area contributed by atoms with Crippen LogP contribution < -0.4 is 51.4 Å². The predicted octanol–water partition coefficient (Wildman–Crippen LogP) is 7.68. The van der Waals surface area contributed by atoms with Crippen molar-refractivity contribution in [3.63, 3.8) is 0 Å². The van der Waals surface area contributed by atoms with Crippen LogP contribution in [0.3, 0.4) is 0 Å². The average molecular weight is 1060 g/mol. The fourth-order valence-corrected chi connectivity index (χ4v) is 12.9. The fourth-order valence-electron chi connectivity index (χ4n) is 10.1. The normalized spacial score (nSPS) is 15.9. The number of fused-ring (bicyclic) bond motifs is 22. The smallest absolute Gasteiger partial charge is 0.858 e. The molecule has 10 nitrogen and oxygen atoms in total. The molecule has 2 atom stereocenters. The average Bonchev–Trinajstić information content (AvgIpc) is 4.26. The minimum Gasteiger partial charge on any atom is -0.858 e. The summed E-state index contributed by atoms with van der Waals surface area (Å²) in [7, 11) is -4.40. The van der Waals surface area contributed by atoms with Gasteiger partial charge < -0.3 is 34.5 Å². The molecule has 2 aliphatic carbocycles. The van der Waals surface area contributed by atoms with Crippen LogP contribution in [0.15, 0.2) is 121 Å². The zero-order chi connectivity index (χ0) is 53.6. The molecule has 8 aromatic rings. The second-order valence-corrected chi connectivity index (χ2v) is 32.2. The first-order valence-corrected chi connectivity index (χ1v) is 32.4. The first kappa shape index (κ1) is 53.4. The SMILES string of the molecule is C1=c2ccccc2=CC2C1=c1nc2nc2nc(nc3[n-]c(nc4[n-]c(n1)C1C=c5ccccc5=CC=41)c1cc4ccccc4cc31)-c1cc3ccccc3cc1-2.CC(C)C(C)(C)[Si](C)(C)[O-].CC(C)C(C)(C)[Si](C)(C)[O-].[Si+4]. The second-order valence-electron chi connectivity index (χ2n) is 23.6. The van der Waals surface area contributed by atoms with E-state index in [0.29, 0.717) is 57.4 Å². The number of hydrogen-bond donors (Lipinski definition) is 0. The van der Waals surface area contributed by atoms with Gasteiger partial charge in [-0.05, 0) is 129 Å². The maximum Gasteiger partial charge on any atom is 4.00 e. The molecule has 0 radical (unpaired) electrons. The van der Waals surface area contributed by atoms with Crippen LogP contribution in [0.1, 0.15) is 78.9 Å². The molecule has 5 aliphatic rings. The molecule has 2 aromatic heterocycles. The zero-order valence-corrected chi connectivity index (χ0v) is 49.1. The van der Waals surface area contributed by atoms with Crippen molar-refractivity contribution in [2.45, 2.75) is 103 Å². The Morgan fingerprint density at radius 3 is 1.39 bits per heavy atom. The number of rotatable bonds is 4. The van der Waals surface area contributed by atoms with Crippen molar-refractivity contribution in [1.29, 1.82) is 0 Å². The maximum atomic E-state index is 11.7. The Bertz CT molecular complexity index is 4290. The zero-order valence-electron chi connectivity index (χ0n) is 46.1. The molecule has 2 unspecified atom stereocenters. The molecule has 0 saturated heterocycles. The van der Waals surface area contributed by atoms with Gasteiger partial charge in [-0.2, -0.15) is 0 Å². The Kier molecular flexibility index (Phi) is 13.7. The van der Waals surface area contributed by atoms with Crippen LogP contribution in [0.4, 0.5) is 0 Å². The van der Waals surface area contributed by atoms with Crippen molar-refractivity contribution < 1.29 is 9.59 Å². The summed E-state index contributed by atoms with van der Waals surface area (Å²) in [5, 5.41) is 10.7. The summed E-state index contributed by atoms with van der Waals surface area (Å²) in [6, 6.07) is 42.0. The number of nitrogens with zero attached hydrogens (tertiary/aromatic N) is 8. The molecular weight excluding hydrogens is 997 g/mol. The first-order valence-electron chi connectivity index (χ1n) is 26.5. The van der Waals surface area contributed by atoms with E-state index in [4.69, 9.17) is 39.9 Å². The van der Waals surface area contributed by atoms with Crippen LogP contribution in [0.2, 0.25) is 36.3 Å². The van der Waals surface area contributed by atoms with Gasteiger partial charge in [0.05, 0.1) is 17.2 Å². The molecule has 0 spiro atoms. The van der Waals surface area contributed by atoms with Crippen LogP contribution >= 0.6 is 0 Å². The van der Waals surface area contributed by atoms with Crippen molar-refractivity contribution in [2.24, 2.45) is 11.8 Å². The molecule has 5 heterocycles. The minimum atomic E-state index is -2.20. The molecule has 0 N–H and O–H groups in total. The standard InChI is InChI=1S/C48H26N8.2C8H19OSi.Si/c1-2-10-26-18-34-33(17-25(26)9-1)41-49-42(34)54-44-37-21-29-13-5-6-14-30(29)22-38(37)46(51-44)56-48-40-24-32-16-8-7-15-31(32)23-39(40)47(52-48)55-45-36-20-28-12-4-3-11-27(28)19-35(36)43(50-45)53-41;2*1-7(2)8(3,4)10(5,6)9;/h1-24,33,36H;2*7H,1-6H3;/q-2;2*-1;+4. The molecule has 3 aliphatic heterocycles. The van der Waals surface area contributed by atoms with Crippen LogP contribution in [-0.2, 0) is 0 Å². The van der Waals surface area contributed by atoms with Crippen LogP contribution in [-0.4, -0.2) is 57.5 Å². The van der Waals surface area contributed by atoms with Crippen molar-refractivity contribution in [3.8, 4) is 22.8 Å². The third-order valence-corrected chi connectivity index (χ3v) is 24.9. The molecule has 77 heavy (non-hydrogen) atoms. The summed E-state index contributed by atoms with van der Waals surface area (Å²) in [6.45, 7) is 24.5. The van der Waals surface area contributed by atoms with Gasteiger partial charge in [0.2, 0.25) is 0 Å². The Hall–Kier alpha value is -7.01. The van der Waals surface area contributed by atoms with Gasteiger partial charge in [-0.3, -0.25) is 0 Å². The van der Waals surface area contributed by atoms with Crippen molar-refractivity contribution in [1.82, 2.24) is 39.9 Å². The van der Waals surface area contributed by atoms with E-state index in [1.165, 1.54) is 0 Å². The van der Waals surface area contributed by atoms with E-state index >= 15 is 0 Å². The van der Waals surface area contributed by atoms with E-state index in [1.807, 2.05) is 26.2 Å². The van der Waals surface area contributed by atoms with E-state index in [2.05, 4.69) is 201 Å². The van der Waals surface area contributed by atoms with Gasteiger partial charge >= 0.3 is 11.0 Å². The topological polar surface area (TPSA) is 152 Å². The van der Waals surface area contributed by atoms with Gasteiger partial charge in [0.15, 0.2) is 5.82 Å². The molecule has 0 amide bonds. The van der Waals surface area contributed by atoms with Crippen molar-refractivity contribution in [3.05, 3.63) is 165 Å². The molecule has 384 valence electrons. The summed E-state index contributed by atoms with van der Waals surface area (Å²) >= 11 is 0. The maximum absolute atomic E-state index is 11.7. The summed E-state index contributed by atoms with van der Waals surface area (Å²) < 4.78 is 0. The quantitative estimate of drug-likeness (QED) is 0.161. The van der Waals surface area contributed by atoms with E-state index in [-0.39, 0.29) is 32.9 Å². The summed E-state index contributed by atoms with van der Waals surface area (Å²) in [5.41, 5.74) is 6.02. The van der Waals surface area contributed by atoms with Gasteiger partial charge in [-0.1, -0.05) is 201 Å². The third-order valence-electron chi connectivity index (χ3n) is 17.5. The third kappa shape index (κ3) is 9.66. The summed E-state index contributed by atoms with van der Waals surface area (Å²) in [6.07, 6.45) is 8.85. The fraction of sp³-hybridized carbons (Fsp3) is 0.281. The van der Waals surface area contributed by atoms with E-state index in [1.54, 1.807) is 0 Å². The van der Waals surface area contributed by atoms with Gasteiger partial charge in [0.25, 0.3) is 0 Å². The summed E-state index contributed by atoms with van der Waals surface area (Å²) in [4.78, 5) is 65.2. The van der Waals surface area contributed by atoms with Crippen LogP contribution in [0.25, 0.3) is 102 Å². The second kappa shape index (κ2) is 19.8. The van der Waals surface area contributed by atoms with Gasteiger partial charge in [0, 0.05) is 39.6 Å². The molecule has 13 heteroatoms. The molecule has 6 aromatic carbocycles. The molecule has 0 fully saturated rings. The number of benzene rings is 6. The van der Waals surface area contributed by atoms with Crippen LogP contribution in [0.5, 0.6) is 0 Å². The Balaban J connectivity index is 0.000000274. The molecule has 13 rings (SSSR count). The number of hydrogen-bond acceptors (Lipinski definition) is 8. The van der Waals surface area contributed by atoms with Gasteiger partial charge in [0.1, 0.15) is 5.82 Å². The summed E-state index contributed by atoms with van der Waals surface area (Å²) in [5.74, 6) is 2.94. The molecule has 0 saturated carbocycles. The molecular formula is C64H64N8O2Si3. The Morgan fingerprint density at radius 2 is 0.909 bits per heavy atom. The van der Waals surface area contributed by atoms with E-state index in [0.717, 1.165) is 75.5 Å². The first-order chi connectivity index (χ1) is 36.1. The molecule has 8 bridgehead atoms. The monoisotopic (exact) mass is 1060 g/mol. The van der Waals surface area contributed by atoms with E-state index in [9.17, 15) is 9.59 Å². The van der Waals surface area contributed by atoms with E-state index < -0.39 is 16.6 Å². The van der Waals surface area contributed by atoms with Crippen molar-refractivity contribution >= 4 is 107 Å². The largest absolute Gasteiger partial charge is 4.00 e. The number of aromatic nitrogens is 8. The van der Waals surface area contributed by atoms with Gasteiger partial charge in [-0.15, -0.1) is 0 Å². The van der Waals surface area contributed by atoms with Gasteiger partial charge in [-0.25, -0.2) is 15.0 Å². The Labute approximate surface area is 456 Å². The Morgan fingerprint density at radius 1 is 0.481 bits per heavy atom. The minimum absolute atomic E-state index is 0. The van der Waals surface area contributed by atoms with Crippen molar-refractivity contribution in [2.75, 3.05) is 0 Å². The predicted molar refractivity (Wildman–Crippen MR) is 318 cm³/mol. The van der Waals surface area contributed by atoms with Crippen LogP contribution in [0, 0.1) is 11.8 Å².